The average molecular weight is 259 g/mol. The summed E-state index contributed by atoms with van der Waals surface area (Å²) in [5.74, 6) is 1.27. The van der Waals surface area contributed by atoms with Crippen molar-refractivity contribution in [3.05, 3.63) is 29.3 Å². The molecular formula is C17H25NO. The van der Waals surface area contributed by atoms with Crippen molar-refractivity contribution < 1.29 is 5.11 Å². The van der Waals surface area contributed by atoms with Gasteiger partial charge >= 0.3 is 0 Å². The number of phenols is 1. The predicted octanol–water partition coefficient (Wildman–Crippen LogP) is 3.94. The molecule has 1 aromatic carbocycles. The number of aromatic hydroxyl groups is 1. The molecule has 1 saturated carbocycles. The monoisotopic (exact) mass is 259 g/mol. The summed E-state index contributed by atoms with van der Waals surface area (Å²) in [5.41, 5.74) is 2.75. The Balaban J connectivity index is 1.72. The van der Waals surface area contributed by atoms with Gasteiger partial charge in [-0.15, -0.1) is 0 Å². The Morgan fingerprint density at radius 2 is 1.95 bits per heavy atom. The van der Waals surface area contributed by atoms with Crippen LogP contribution in [0.15, 0.2) is 18.2 Å². The SMILES string of the molecule is CC(NC1CCCc2cc(O)ccc21)C1CCCC1. The Morgan fingerprint density at radius 1 is 1.16 bits per heavy atom. The van der Waals surface area contributed by atoms with Gasteiger partial charge in [-0.1, -0.05) is 18.9 Å². The minimum atomic E-state index is 0.406. The second kappa shape index (κ2) is 5.54. The standard InChI is InChI=1S/C17H25NO/c1-12(13-5-2-3-6-13)18-17-8-4-7-14-11-15(19)9-10-16(14)17/h9-13,17-19H,2-8H2,1H3. The molecule has 2 nitrogen and oxygen atoms in total. The zero-order valence-corrected chi connectivity index (χ0v) is 11.9. The molecule has 0 spiro atoms. The van der Waals surface area contributed by atoms with Crippen LogP contribution >= 0.6 is 0 Å². The van der Waals surface area contributed by atoms with E-state index in [0.29, 0.717) is 17.8 Å². The van der Waals surface area contributed by atoms with Gasteiger partial charge in [0, 0.05) is 12.1 Å². The largest absolute Gasteiger partial charge is 0.508 e. The first-order valence-corrected chi connectivity index (χ1v) is 7.82. The topological polar surface area (TPSA) is 32.3 Å². The third-order valence-corrected chi connectivity index (χ3v) is 5.01. The summed E-state index contributed by atoms with van der Waals surface area (Å²) in [7, 11) is 0. The fraction of sp³-hybridized carbons (Fsp3) is 0.647. The molecule has 2 unspecified atom stereocenters. The summed E-state index contributed by atoms with van der Waals surface area (Å²) in [6.45, 7) is 2.35. The van der Waals surface area contributed by atoms with Crippen LogP contribution in [0.3, 0.4) is 0 Å². The van der Waals surface area contributed by atoms with Crippen molar-refractivity contribution >= 4 is 0 Å². The number of benzene rings is 1. The zero-order chi connectivity index (χ0) is 13.2. The van der Waals surface area contributed by atoms with E-state index in [9.17, 15) is 5.11 Å². The predicted molar refractivity (Wildman–Crippen MR) is 78.3 cm³/mol. The summed E-state index contributed by atoms with van der Waals surface area (Å²) < 4.78 is 0. The lowest BCUT2D eigenvalue weighted by atomic mass is 9.86. The highest BCUT2D eigenvalue weighted by Crippen LogP contribution is 2.34. The molecule has 2 atom stereocenters. The minimum Gasteiger partial charge on any atom is -0.508 e. The van der Waals surface area contributed by atoms with Crippen LogP contribution in [-0.2, 0) is 6.42 Å². The average Bonchev–Trinajstić information content (AvgIpc) is 2.92. The number of rotatable bonds is 3. The minimum absolute atomic E-state index is 0.406. The Kier molecular flexibility index (Phi) is 3.79. The number of fused-ring (bicyclic) bond motifs is 1. The smallest absolute Gasteiger partial charge is 0.115 e. The Labute approximate surface area is 116 Å². The number of hydrogen-bond acceptors (Lipinski definition) is 2. The van der Waals surface area contributed by atoms with Crippen LogP contribution in [0.4, 0.5) is 0 Å². The highest BCUT2D eigenvalue weighted by Gasteiger charge is 2.26. The molecule has 0 heterocycles. The molecule has 0 saturated heterocycles. The summed E-state index contributed by atoms with van der Waals surface area (Å²) in [4.78, 5) is 0. The van der Waals surface area contributed by atoms with Crippen LogP contribution < -0.4 is 5.32 Å². The molecule has 3 rings (SSSR count). The fourth-order valence-electron chi connectivity index (χ4n) is 3.88. The van der Waals surface area contributed by atoms with Gasteiger partial charge < -0.3 is 10.4 Å². The Hall–Kier alpha value is -1.02. The Bertz CT molecular complexity index is 437. The van der Waals surface area contributed by atoms with E-state index < -0.39 is 0 Å². The van der Waals surface area contributed by atoms with E-state index in [4.69, 9.17) is 0 Å². The van der Waals surface area contributed by atoms with Gasteiger partial charge in [-0.2, -0.15) is 0 Å². The van der Waals surface area contributed by atoms with Gasteiger partial charge in [0.2, 0.25) is 0 Å². The molecule has 0 aromatic heterocycles. The summed E-state index contributed by atoms with van der Waals surface area (Å²) in [6, 6.07) is 7.00. The number of hydrogen-bond donors (Lipinski definition) is 2. The fourth-order valence-corrected chi connectivity index (χ4v) is 3.88. The molecule has 0 aliphatic heterocycles. The van der Waals surface area contributed by atoms with Crippen molar-refractivity contribution in [1.82, 2.24) is 5.32 Å². The molecule has 0 bridgehead atoms. The summed E-state index contributed by atoms with van der Waals surface area (Å²) in [5, 5.41) is 13.5. The zero-order valence-electron chi connectivity index (χ0n) is 11.9. The molecule has 104 valence electrons. The van der Waals surface area contributed by atoms with Crippen molar-refractivity contribution in [2.24, 2.45) is 5.92 Å². The quantitative estimate of drug-likeness (QED) is 0.861. The second-order valence-corrected chi connectivity index (χ2v) is 6.33. The van der Waals surface area contributed by atoms with Gasteiger partial charge in [0.25, 0.3) is 0 Å². The lowest BCUT2D eigenvalue weighted by Crippen LogP contribution is -2.36. The van der Waals surface area contributed by atoms with Gasteiger partial charge in [-0.05, 0) is 68.2 Å². The molecule has 1 aromatic rings. The van der Waals surface area contributed by atoms with Gasteiger partial charge in [0.05, 0.1) is 0 Å². The van der Waals surface area contributed by atoms with Crippen molar-refractivity contribution in [2.45, 2.75) is 64.0 Å². The molecule has 19 heavy (non-hydrogen) atoms. The maximum Gasteiger partial charge on any atom is 0.115 e. The summed E-state index contributed by atoms with van der Waals surface area (Å²) >= 11 is 0. The molecule has 0 radical (unpaired) electrons. The van der Waals surface area contributed by atoms with Crippen molar-refractivity contribution in [2.75, 3.05) is 0 Å². The lowest BCUT2D eigenvalue weighted by Gasteiger charge is -2.31. The van der Waals surface area contributed by atoms with E-state index in [1.807, 2.05) is 12.1 Å². The first-order chi connectivity index (χ1) is 9.24. The number of nitrogens with one attached hydrogen (secondary N) is 1. The molecular weight excluding hydrogens is 234 g/mol. The number of aryl methyl sites for hydroxylation is 1. The molecule has 2 N–H and O–H groups in total. The number of phenolic OH excluding ortho intramolecular Hbond substituents is 1. The molecule has 2 aliphatic carbocycles. The van der Waals surface area contributed by atoms with Crippen LogP contribution in [0, 0.1) is 5.92 Å². The third kappa shape index (κ3) is 2.79. The third-order valence-electron chi connectivity index (χ3n) is 5.01. The van der Waals surface area contributed by atoms with E-state index >= 15 is 0 Å². The van der Waals surface area contributed by atoms with E-state index in [-0.39, 0.29) is 0 Å². The van der Waals surface area contributed by atoms with Crippen LogP contribution in [0.1, 0.15) is 62.6 Å². The van der Waals surface area contributed by atoms with Crippen LogP contribution in [0.2, 0.25) is 0 Å². The van der Waals surface area contributed by atoms with E-state index in [1.165, 1.54) is 49.7 Å². The summed E-state index contributed by atoms with van der Waals surface area (Å²) in [6.07, 6.45) is 9.17. The first-order valence-electron chi connectivity index (χ1n) is 7.82. The molecule has 0 amide bonds. The van der Waals surface area contributed by atoms with E-state index in [2.05, 4.69) is 18.3 Å². The lowest BCUT2D eigenvalue weighted by molar-refractivity contribution is 0.324. The second-order valence-electron chi connectivity index (χ2n) is 6.33. The van der Waals surface area contributed by atoms with Crippen molar-refractivity contribution in [1.29, 1.82) is 0 Å². The van der Waals surface area contributed by atoms with Crippen molar-refractivity contribution in [3.8, 4) is 5.75 Å². The molecule has 2 aliphatic rings. The first kappa shape index (κ1) is 13.0. The van der Waals surface area contributed by atoms with Gasteiger partial charge in [0.15, 0.2) is 0 Å². The molecule has 2 heteroatoms. The highest BCUT2D eigenvalue weighted by molar-refractivity contribution is 5.38. The maximum absolute atomic E-state index is 9.61. The Morgan fingerprint density at radius 3 is 2.74 bits per heavy atom. The van der Waals surface area contributed by atoms with Gasteiger partial charge in [-0.25, -0.2) is 0 Å². The van der Waals surface area contributed by atoms with E-state index in [1.54, 1.807) is 0 Å². The van der Waals surface area contributed by atoms with Crippen LogP contribution in [-0.4, -0.2) is 11.1 Å². The van der Waals surface area contributed by atoms with Gasteiger partial charge in [-0.3, -0.25) is 0 Å². The van der Waals surface area contributed by atoms with Crippen molar-refractivity contribution in [3.63, 3.8) is 0 Å². The maximum atomic E-state index is 9.61. The van der Waals surface area contributed by atoms with Crippen LogP contribution in [0.25, 0.3) is 0 Å². The molecule has 1 fully saturated rings. The normalized spacial score (nSPS) is 25.2. The van der Waals surface area contributed by atoms with E-state index in [0.717, 1.165) is 12.3 Å². The highest BCUT2D eigenvalue weighted by atomic mass is 16.3. The van der Waals surface area contributed by atoms with Gasteiger partial charge in [0.1, 0.15) is 5.75 Å². The van der Waals surface area contributed by atoms with Crippen LogP contribution in [0.5, 0.6) is 5.75 Å².